The first-order valence-corrected chi connectivity index (χ1v) is 7.87. The summed E-state index contributed by atoms with van der Waals surface area (Å²) in [6.45, 7) is 5.72. The molecule has 2 N–H and O–H groups in total. The predicted octanol–water partition coefficient (Wildman–Crippen LogP) is 2.39. The van der Waals surface area contributed by atoms with Crippen LogP contribution in [-0.2, 0) is 0 Å². The summed E-state index contributed by atoms with van der Waals surface area (Å²) in [7, 11) is 0. The number of aliphatic hydroxyl groups is 1. The predicted molar refractivity (Wildman–Crippen MR) is 91.5 cm³/mol. The van der Waals surface area contributed by atoms with E-state index in [1.54, 1.807) is 12.3 Å². The molecular formula is C18H23N3O2. The molecule has 23 heavy (non-hydrogen) atoms. The van der Waals surface area contributed by atoms with Crippen LogP contribution in [0.4, 0.5) is 5.82 Å². The third-order valence-electron chi connectivity index (χ3n) is 3.79. The summed E-state index contributed by atoms with van der Waals surface area (Å²) >= 11 is 0. The second-order valence-electron chi connectivity index (χ2n) is 5.20. The Balaban J connectivity index is 2.08. The first-order chi connectivity index (χ1) is 11.2. The first-order valence-electron chi connectivity index (χ1n) is 7.87. The Morgan fingerprint density at radius 3 is 2.39 bits per heavy atom. The lowest BCUT2D eigenvalue weighted by Gasteiger charge is -2.20. The van der Waals surface area contributed by atoms with Crippen LogP contribution in [0.15, 0.2) is 48.7 Å². The van der Waals surface area contributed by atoms with E-state index in [2.05, 4.69) is 29.0 Å². The van der Waals surface area contributed by atoms with Crippen molar-refractivity contribution in [3.05, 3.63) is 59.8 Å². The molecule has 0 fully saturated rings. The molecule has 1 atom stereocenters. The van der Waals surface area contributed by atoms with Crippen LogP contribution in [0.25, 0.3) is 0 Å². The van der Waals surface area contributed by atoms with Crippen LogP contribution >= 0.6 is 0 Å². The van der Waals surface area contributed by atoms with Crippen molar-refractivity contribution >= 4 is 11.7 Å². The normalized spacial score (nSPS) is 11.8. The number of carbonyl (C=O) groups is 1. The van der Waals surface area contributed by atoms with Gasteiger partial charge >= 0.3 is 0 Å². The molecule has 0 spiro atoms. The Kier molecular flexibility index (Phi) is 6.11. The monoisotopic (exact) mass is 313 g/mol. The van der Waals surface area contributed by atoms with Crippen molar-refractivity contribution in [1.82, 2.24) is 10.3 Å². The molecule has 0 unspecified atom stereocenters. The molecule has 0 radical (unpaired) electrons. The Hall–Kier alpha value is -2.40. The van der Waals surface area contributed by atoms with E-state index in [-0.39, 0.29) is 12.5 Å². The van der Waals surface area contributed by atoms with E-state index >= 15 is 0 Å². The smallest absolute Gasteiger partial charge is 0.253 e. The highest BCUT2D eigenvalue weighted by molar-refractivity contribution is 5.94. The average molecular weight is 313 g/mol. The van der Waals surface area contributed by atoms with Crippen LogP contribution in [0.2, 0.25) is 0 Å². The first kappa shape index (κ1) is 17.0. The average Bonchev–Trinajstić information content (AvgIpc) is 2.62. The van der Waals surface area contributed by atoms with Crippen molar-refractivity contribution in [3.8, 4) is 0 Å². The molecule has 5 nitrogen and oxygen atoms in total. The number of pyridine rings is 1. The molecule has 0 saturated heterocycles. The minimum absolute atomic E-state index is 0.152. The highest BCUT2D eigenvalue weighted by Crippen LogP contribution is 2.14. The van der Waals surface area contributed by atoms with Gasteiger partial charge in [0.05, 0.1) is 18.2 Å². The van der Waals surface area contributed by atoms with Crippen molar-refractivity contribution in [1.29, 1.82) is 0 Å². The molecule has 2 aromatic rings. The SMILES string of the molecule is CCN(CC)c1ccc(C(=O)N[C@H](CO)c2ccccc2)cn1. The van der Waals surface area contributed by atoms with Crippen molar-refractivity contribution in [2.24, 2.45) is 0 Å². The number of benzene rings is 1. The van der Waals surface area contributed by atoms with Crippen molar-refractivity contribution in [2.75, 3.05) is 24.6 Å². The van der Waals surface area contributed by atoms with Gasteiger partial charge in [0.25, 0.3) is 5.91 Å². The van der Waals surface area contributed by atoms with Crippen LogP contribution in [0.1, 0.15) is 35.8 Å². The van der Waals surface area contributed by atoms with Gasteiger partial charge in [0, 0.05) is 19.3 Å². The van der Waals surface area contributed by atoms with Crippen molar-refractivity contribution in [3.63, 3.8) is 0 Å². The minimum Gasteiger partial charge on any atom is -0.394 e. The summed E-state index contributed by atoms with van der Waals surface area (Å²) in [4.78, 5) is 18.8. The lowest BCUT2D eigenvalue weighted by molar-refractivity contribution is 0.0916. The van der Waals surface area contributed by atoms with Crippen molar-refractivity contribution in [2.45, 2.75) is 19.9 Å². The van der Waals surface area contributed by atoms with Gasteiger partial charge in [-0.05, 0) is 31.5 Å². The summed E-state index contributed by atoms with van der Waals surface area (Å²) in [6, 6.07) is 12.6. The van der Waals surface area contributed by atoms with Gasteiger partial charge in [-0.1, -0.05) is 30.3 Å². The molecule has 1 amide bonds. The molecule has 2 rings (SSSR count). The van der Waals surface area contributed by atoms with Gasteiger partial charge in [-0.15, -0.1) is 0 Å². The van der Waals surface area contributed by atoms with Crippen LogP contribution in [0, 0.1) is 0 Å². The van der Waals surface area contributed by atoms with E-state index in [4.69, 9.17) is 0 Å². The van der Waals surface area contributed by atoms with E-state index < -0.39 is 6.04 Å². The zero-order valence-electron chi connectivity index (χ0n) is 13.6. The number of hydrogen-bond acceptors (Lipinski definition) is 4. The summed E-state index contributed by atoms with van der Waals surface area (Å²) in [5.74, 6) is 0.611. The van der Waals surface area contributed by atoms with E-state index in [9.17, 15) is 9.90 Å². The fraction of sp³-hybridized carbons (Fsp3) is 0.333. The molecule has 1 heterocycles. The van der Waals surface area contributed by atoms with Crippen LogP contribution in [0.3, 0.4) is 0 Å². The van der Waals surface area contributed by atoms with Gasteiger partial charge < -0.3 is 15.3 Å². The van der Waals surface area contributed by atoms with Crippen molar-refractivity contribution < 1.29 is 9.90 Å². The molecular weight excluding hydrogens is 290 g/mol. The fourth-order valence-electron chi connectivity index (χ4n) is 2.42. The molecule has 1 aromatic carbocycles. The van der Waals surface area contributed by atoms with E-state index in [1.165, 1.54) is 0 Å². The topological polar surface area (TPSA) is 65.5 Å². The minimum atomic E-state index is -0.425. The molecule has 5 heteroatoms. The van der Waals surface area contributed by atoms with Crippen LogP contribution in [-0.4, -0.2) is 35.7 Å². The molecule has 0 aliphatic carbocycles. The second kappa shape index (κ2) is 8.29. The van der Waals surface area contributed by atoms with E-state index in [1.807, 2.05) is 36.4 Å². The lowest BCUT2D eigenvalue weighted by Crippen LogP contribution is -2.31. The number of hydrogen-bond donors (Lipinski definition) is 2. The number of anilines is 1. The summed E-state index contributed by atoms with van der Waals surface area (Å²) in [5.41, 5.74) is 1.35. The molecule has 0 aliphatic rings. The maximum absolute atomic E-state index is 12.3. The lowest BCUT2D eigenvalue weighted by atomic mass is 10.1. The fourth-order valence-corrected chi connectivity index (χ4v) is 2.42. The van der Waals surface area contributed by atoms with E-state index in [0.717, 1.165) is 24.5 Å². The van der Waals surface area contributed by atoms with Gasteiger partial charge in [-0.3, -0.25) is 4.79 Å². The highest BCUT2D eigenvalue weighted by Gasteiger charge is 2.15. The molecule has 0 saturated carbocycles. The Labute approximate surface area is 137 Å². The standard InChI is InChI=1S/C18H23N3O2/c1-3-21(4-2)17-11-10-15(12-19-17)18(23)20-16(13-22)14-8-6-5-7-9-14/h5-12,16,22H,3-4,13H2,1-2H3,(H,20,23)/t16-/m1/s1. The zero-order valence-corrected chi connectivity index (χ0v) is 13.6. The Bertz CT molecular complexity index is 610. The zero-order chi connectivity index (χ0) is 16.7. The number of nitrogens with one attached hydrogen (secondary N) is 1. The Morgan fingerprint density at radius 2 is 1.87 bits per heavy atom. The molecule has 1 aromatic heterocycles. The second-order valence-corrected chi connectivity index (χ2v) is 5.20. The van der Waals surface area contributed by atoms with Gasteiger partial charge in [0.1, 0.15) is 5.82 Å². The van der Waals surface area contributed by atoms with Gasteiger partial charge in [0.15, 0.2) is 0 Å². The van der Waals surface area contributed by atoms with Crippen LogP contribution < -0.4 is 10.2 Å². The van der Waals surface area contributed by atoms with Gasteiger partial charge in [0.2, 0.25) is 0 Å². The summed E-state index contributed by atoms with van der Waals surface area (Å²) in [5, 5.41) is 12.4. The highest BCUT2D eigenvalue weighted by atomic mass is 16.3. The van der Waals surface area contributed by atoms with E-state index in [0.29, 0.717) is 5.56 Å². The molecule has 122 valence electrons. The number of aliphatic hydroxyl groups excluding tert-OH is 1. The summed E-state index contributed by atoms with van der Waals surface area (Å²) < 4.78 is 0. The molecule has 0 bridgehead atoms. The third-order valence-corrected chi connectivity index (χ3v) is 3.79. The van der Waals surface area contributed by atoms with Gasteiger partial charge in [-0.2, -0.15) is 0 Å². The quantitative estimate of drug-likeness (QED) is 0.824. The number of carbonyl (C=O) groups excluding carboxylic acids is 1. The molecule has 0 aliphatic heterocycles. The summed E-state index contributed by atoms with van der Waals surface area (Å²) in [6.07, 6.45) is 1.57. The number of amides is 1. The number of aromatic nitrogens is 1. The largest absolute Gasteiger partial charge is 0.394 e. The van der Waals surface area contributed by atoms with Crippen LogP contribution in [0.5, 0.6) is 0 Å². The number of rotatable bonds is 7. The maximum atomic E-state index is 12.3. The third kappa shape index (κ3) is 4.29. The van der Waals surface area contributed by atoms with Gasteiger partial charge in [-0.25, -0.2) is 4.98 Å². The maximum Gasteiger partial charge on any atom is 0.253 e. The Morgan fingerprint density at radius 1 is 1.17 bits per heavy atom. The number of nitrogens with zero attached hydrogens (tertiary/aromatic N) is 2.